The van der Waals surface area contributed by atoms with Crippen molar-refractivity contribution in [1.82, 2.24) is 10.6 Å². The van der Waals surface area contributed by atoms with Gasteiger partial charge in [0, 0.05) is 6.04 Å². The van der Waals surface area contributed by atoms with Crippen LogP contribution in [-0.2, 0) is 9.53 Å². The maximum absolute atomic E-state index is 12.1. The van der Waals surface area contributed by atoms with Crippen molar-refractivity contribution >= 4 is 17.9 Å². The molecular formula is C18H24N2O5. The number of benzene rings is 1. The quantitative estimate of drug-likeness (QED) is 0.797. The van der Waals surface area contributed by atoms with Gasteiger partial charge in [-0.3, -0.25) is 10.1 Å². The first-order valence-corrected chi connectivity index (χ1v) is 8.46. The van der Waals surface area contributed by atoms with E-state index in [9.17, 15) is 14.4 Å². The molecule has 1 aliphatic carbocycles. The molecule has 3 amide bonds. The summed E-state index contributed by atoms with van der Waals surface area (Å²) in [4.78, 5) is 35.5. The van der Waals surface area contributed by atoms with E-state index >= 15 is 0 Å². The normalized spacial score (nSPS) is 15.8. The van der Waals surface area contributed by atoms with Crippen LogP contribution in [0.2, 0.25) is 0 Å². The molecule has 7 nitrogen and oxygen atoms in total. The van der Waals surface area contributed by atoms with E-state index < -0.39 is 24.0 Å². The summed E-state index contributed by atoms with van der Waals surface area (Å²) in [5.41, 5.74) is 0.322. The third-order valence-corrected chi connectivity index (χ3v) is 4.11. The average molecular weight is 348 g/mol. The first kappa shape index (κ1) is 18.8. The number of urea groups is 1. The lowest BCUT2D eigenvalue weighted by atomic mass is 9.96. The average Bonchev–Trinajstić information content (AvgIpc) is 2.61. The molecule has 1 atom stereocenters. The van der Waals surface area contributed by atoms with Gasteiger partial charge in [-0.2, -0.15) is 0 Å². The summed E-state index contributed by atoms with van der Waals surface area (Å²) >= 11 is 0. The summed E-state index contributed by atoms with van der Waals surface area (Å²) in [6, 6.07) is 5.93. The van der Waals surface area contributed by atoms with Crippen LogP contribution in [0.4, 0.5) is 4.79 Å². The van der Waals surface area contributed by atoms with Gasteiger partial charge in [-0.1, -0.05) is 25.3 Å². The molecule has 0 aliphatic heterocycles. The van der Waals surface area contributed by atoms with Gasteiger partial charge in [0.1, 0.15) is 5.75 Å². The third-order valence-electron chi connectivity index (χ3n) is 4.11. The standard InChI is InChI=1S/C18H24N2O5/c1-12(25-15-10-6-7-13(11-15)17(22)24-2)16(21)20-18(23)19-14-8-4-3-5-9-14/h6-7,10-12,14H,3-5,8-9H2,1-2H3,(H2,19,20,21,23)/t12-/m0/s1. The van der Waals surface area contributed by atoms with Gasteiger partial charge in [-0.05, 0) is 38.0 Å². The molecule has 0 saturated heterocycles. The second kappa shape index (κ2) is 9.05. The van der Waals surface area contributed by atoms with E-state index in [0.29, 0.717) is 11.3 Å². The first-order chi connectivity index (χ1) is 12.0. The molecule has 136 valence electrons. The Hall–Kier alpha value is -2.57. The topological polar surface area (TPSA) is 93.7 Å². The summed E-state index contributed by atoms with van der Waals surface area (Å²) in [5.74, 6) is -0.690. The van der Waals surface area contributed by atoms with Gasteiger partial charge in [0.15, 0.2) is 6.10 Å². The highest BCUT2D eigenvalue weighted by Crippen LogP contribution is 2.17. The number of rotatable bonds is 5. The molecule has 1 aliphatic rings. The van der Waals surface area contributed by atoms with E-state index in [1.807, 2.05) is 0 Å². The molecule has 0 aromatic heterocycles. The molecular weight excluding hydrogens is 324 g/mol. The Balaban J connectivity index is 1.85. The summed E-state index contributed by atoms with van der Waals surface area (Å²) in [7, 11) is 1.29. The molecule has 25 heavy (non-hydrogen) atoms. The maximum Gasteiger partial charge on any atom is 0.337 e. The summed E-state index contributed by atoms with van der Waals surface area (Å²) in [6.07, 6.45) is 4.37. The van der Waals surface area contributed by atoms with Crippen LogP contribution >= 0.6 is 0 Å². The maximum atomic E-state index is 12.1. The second-order valence-corrected chi connectivity index (χ2v) is 6.08. The molecule has 1 fully saturated rings. The largest absolute Gasteiger partial charge is 0.481 e. The van der Waals surface area contributed by atoms with Crippen LogP contribution in [0.15, 0.2) is 24.3 Å². The number of hydrogen-bond donors (Lipinski definition) is 2. The van der Waals surface area contributed by atoms with E-state index in [1.54, 1.807) is 18.2 Å². The van der Waals surface area contributed by atoms with Gasteiger partial charge < -0.3 is 14.8 Å². The smallest absolute Gasteiger partial charge is 0.337 e. The fourth-order valence-corrected chi connectivity index (χ4v) is 2.75. The minimum atomic E-state index is -0.884. The van der Waals surface area contributed by atoms with Crippen LogP contribution in [0.1, 0.15) is 49.4 Å². The second-order valence-electron chi connectivity index (χ2n) is 6.08. The lowest BCUT2D eigenvalue weighted by molar-refractivity contribution is -0.126. The summed E-state index contributed by atoms with van der Waals surface area (Å²) in [5, 5.41) is 5.10. The van der Waals surface area contributed by atoms with Gasteiger partial charge in [0.25, 0.3) is 5.91 Å². The van der Waals surface area contributed by atoms with E-state index in [4.69, 9.17) is 4.74 Å². The molecule has 0 radical (unpaired) electrons. The van der Waals surface area contributed by atoms with Crippen LogP contribution in [0.5, 0.6) is 5.75 Å². The summed E-state index contributed by atoms with van der Waals surface area (Å²) in [6.45, 7) is 1.54. The van der Waals surface area contributed by atoms with Crippen molar-refractivity contribution in [2.24, 2.45) is 0 Å². The fraction of sp³-hybridized carbons (Fsp3) is 0.500. The number of nitrogens with one attached hydrogen (secondary N) is 2. The van der Waals surface area contributed by atoms with Gasteiger partial charge >= 0.3 is 12.0 Å². The lowest BCUT2D eigenvalue weighted by Crippen LogP contribution is -2.48. The highest BCUT2D eigenvalue weighted by atomic mass is 16.5. The molecule has 1 aromatic rings. The Morgan fingerprint density at radius 2 is 1.88 bits per heavy atom. The number of hydrogen-bond acceptors (Lipinski definition) is 5. The minimum absolute atomic E-state index is 0.120. The third kappa shape index (κ3) is 5.77. The van der Waals surface area contributed by atoms with Crippen LogP contribution in [0, 0.1) is 0 Å². The van der Waals surface area contributed by atoms with Crippen LogP contribution in [0.25, 0.3) is 0 Å². The Labute approximate surface area is 147 Å². The molecule has 7 heteroatoms. The number of ether oxygens (including phenoxy) is 2. The molecule has 0 spiro atoms. The van der Waals surface area contributed by atoms with E-state index in [2.05, 4.69) is 15.4 Å². The molecule has 0 unspecified atom stereocenters. The Morgan fingerprint density at radius 3 is 2.56 bits per heavy atom. The van der Waals surface area contributed by atoms with Crippen molar-refractivity contribution in [2.75, 3.05) is 7.11 Å². The minimum Gasteiger partial charge on any atom is -0.481 e. The zero-order chi connectivity index (χ0) is 18.2. The number of imide groups is 1. The predicted octanol–water partition coefficient (Wildman–Crippen LogP) is 2.40. The zero-order valence-electron chi connectivity index (χ0n) is 14.5. The molecule has 2 N–H and O–H groups in total. The number of methoxy groups -OCH3 is 1. The SMILES string of the molecule is COC(=O)c1cccc(O[C@@H](C)C(=O)NC(=O)NC2CCCCC2)c1. The Bertz CT molecular complexity index is 626. The molecule has 0 bridgehead atoms. The van der Waals surface area contributed by atoms with Crippen molar-refractivity contribution < 1.29 is 23.9 Å². The van der Waals surface area contributed by atoms with Gasteiger partial charge in [-0.15, -0.1) is 0 Å². The van der Waals surface area contributed by atoms with Crippen molar-refractivity contribution in [3.8, 4) is 5.75 Å². The number of esters is 1. The molecule has 1 saturated carbocycles. The highest BCUT2D eigenvalue weighted by molar-refractivity contribution is 5.96. The highest BCUT2D eigenvalue weighted by Gasteiger charge is 2.21. The lowest BCUT2D eigenvalue weighted by Gasteiger charge is -2.23. The Morgan fingerprint density at radius 1 is 1.16 bits per heavy atom. The first-order valence-electron chi connectivity index (χ1n) is 8.46. The van der Waals surface area contributed by atoms with Gasteiger partial charge in [0.05, 0.1) is 12.7 Å². The van der Waals surface area contributed by atoms with E-state index in [-0.39, 0.29) is 6.04 Å². The van der Waals surface area contributed by atoms with Crippen LogP contribution in [-0.4, -0.2) is 37.2 Å². The summed E-state index contributed by atoms with van der Waals surface area (Å²) < 4.78 is 10.1. The van der Waals surface area contributed by atoms with Crippen molar-refractivity contribution in [2.45, 2.75) is 51.2 Å². The van der Waals surface area contributed by atoms with E-state index in [0.717, 1.165) is 25.7 Å². The molecule has 2 rings (SSSR count). The van der Waals surface area contributed by atoms with Crippen LogP contribution < -0.4 is 15.4 Å². The van der Waals surface area contributed by atoms with E-state index in [1.165, 1.54) is 26.5 Å². The number of carbonyl (C=O) groups is 3. The van der Waals surface area contributed by atoms with Gasteiger partial charge in [-0.25, -0.2) is 9.59 Å². The van der Waals surface area contributed by atoms with Crippen molar-refractivity contribution in [3.05, 3.63) is 29.8 Å². The van der Waals surface area contributed by atoms with Crippen LogP contribution in [0.3, 0.4) is 0 Å². The molecule has 0 heterocycles. The predicted molar refractivity (Wildman–Crippen MR) is 91.4 cm³/mol. The number of carbonyl (C=O) groups excluding carboxylic acids is 3. The Kier molecular flexibility index (Phi) is 6.80. The molecule has 1 aromatic carbocycles. The fourth-order valence-electron chi connectivity index (χ4n) is 2.75. The number of amides is 3. The monoisotopic (exact) mass is 348 g/mol. The van der Waals surface area contributed by atoms with Crippen molar-refractivity contribution in [1.29, 1.82) is 0 Å². The van der Waals surface area contributed by atoms with Gasteiger partial charge in [0.2, 0.25) is 0 Å². The van der Waals surface area contributed by atoms with Crippen molar-refractivity contribution in [3.63, 3.8) is 0 Å². The zero-order valence-corrected chi connectivity index (χ0v) is 14.5.